The van der Waals surface area contributed by atoms with Gasteiger partial charge in [-0.25, -0.2) is 0 Å². The number of benzene rings is 2. The summed E-state index contributed by atoms with van der Waals surface area (Å²) in [6.07, 6.45) is 9.53. The number of hydrogen-bond donors (Lipinski definition) is 2. The van der Waals surface area contributed by atoms with Crippen LogP contribution in [0.4, 0.5) is 0 Å². The lowest BCUT2D eigenvalue weighted by Gasteiger charge is -2.57. The SMILES string of the molecule is Cc1ccc2[nH]c(C34CC5CC(CC(C5)C3)C4)c(Cc3ccc(O)cc3)c2c1. The Labute approximate surface area is 167 Å². The fraction of sp³-hybridized carbons (Fsp3) is 0.462. The van der Waals surface area contributed by atoms with Gasteiger partial charge in [-0.15, -0.1) is 0 Å². The van der Waals surface area contributed by atoms with E-state index < -0.39 is 0 Å². The van der Waals surface area contributed by atoms with Crippen molar-refractivity contribution in [1.29, 1.82) is 0 Å². The van der Waals surface area contributed by atoms with E-state index in [0.717, 1.165) is 24.2 Å². The minimum atomic E-state index is 0.347. The molecule has 3 aromatic rings. The van der Waals surface area contributed by atoms with Crippen LogP contribution in [-0.2, 0) is 11.8 Å². The van der Waals surface area contributed by atoms with E-state index in [1.165, 1.54) is 66.1 Å². The molecule has 4 fully saturated rings. The zero-order valence-electron chi connectivity index (χ0n) is 16.7. The predicted octanol–water partition coefficient (Wildman–Crippen LogP) is 6.24. The molecule has 2 heteroatoms. The number of nitrogens with one attached hydrogen (secondary N) is 1. The molecule has 144 valence electrons. The first-order chi connectivity index (χ1) is 13.6. The molecule has 0 radical (unpaired) electrons. The first kappa shape index (κ1) is 16.7. The largest absolute Gasteiger partial charge is 0.508 e. The maximum Gasteiger partial charge on any atom is 0.115 e. The van der Waals surface area contributed by atoms with E-state index >= 15 is 0 Å². The van der Waals surface area contributed by atoms with Gasteiger partial charge in [0.15, 0.2) is 0 Å². The molecular formula is C26H29NO. The summed E-state index contributed by atoms with van der Waals surface area (Å²) in [4.78, 5) is 3.93. The molecule has 1 aromatic heterocycles. The van der Waals surface area contributed by atoms with Gasteiger partial charge >= 0.3 is 0 Å². The summed E-state index contributed by atoms with van der Waals surface area (Å²) < 4.78 is 0. The Morgan fingerprint density at radius 2 is 1.57 bits per heavy atom. The van der Waals surface area contributed by atoms with E-state index in [9.17, 15) is 5.11 Å². The number of fused-ring (bicyclic) bond motifs is 1. The number of aromatic nitrogens is 1. The van der Waals surface area contributed by atoms with Crippen molar-refractivity contribution in [2.75, 3.05) is 0 Å². The van der Waals surface area contributed by atoms with Crippen molar-refractivity contribution in [2.24, 2.45) is 17.8 Å². The Balaban J connectivity index is 1.51. The smallest absolute Gasteiger partial charge is 0.115 e. The molecule has 0 spiro atoms. The molecule has 28 heavy (non-hydrogen) atoms. The van der Waals surface area contributed by atoms with Gasteiger partial charge in [-0.3, -0.25) is 0 Å². The lowest BCUT2D eigenvalue weighted by Crippen LogP contribution is -2.49. The van der Waals surface area contributed by atoms with Crippen LogP contribution in [-0.4, -0.2) is 10.1 Å². The van der Waals surface area contributed by atoms with Crippen LogP contribution in [0.5, 0.6) is 5.75 Å². The molecule has 2 N–H and O–H groups in total. The Hall–Kier alpha value is -2.22. The van der Waals surface area contributed by atoms with Crippen LogP contribution in [0.15, 0.2) is 42.5 Å². The van der Waals surface area contributed by atoms with Crippen LogP contribution in [0.2, 0.25) is 0 Å². The molecule has 2 nitrogen and oxygen atoms in total. The van der Waals surface area contributed by atoms with E-state index in [1.807, 2.05) is 12.1 Å². The third kappa shape index (κ3) is 2.53. The highest BCUT2D eigenvalue weighted by Crippen LogP contribution is 2.61. The van der Waals surface area contributed by atoms with Gasteiger partial charge in [0.2, 0.25) is 0 Å². The quantitative estimate of drug-likeness (QED) is 0.561. The molecule has 0 aliphatic heterocycles. The van der Waals surface area contributed by atoms with Crippen molar-refractivity contribution >= 4 is 10.9 Å². The highest BCUT2D eigenvalue weighted by molar-refractivity contribution is 5.86. The zero-order chi connectivity index (χ0) is 18.9. The van der Waals surface area contributed by atoms with Crippen molar-refractivity contribution in [3.8, 4) is 5.75 Å². The van der Waals surface area contributed by atoms with Gasteiger partial charge in [0, 0.05) is 22.0 Å². The summed E-state index contributed by atoms with van der Waals surface area (Å²) in [7, 11) is 0. The first-order valence-electron chi connectivity index (χ1n) is 11.0. The van der Waals surface area contributed by atoms with Crippen LogP contribution in [0.3, 0.4) is 0 Å². The van der Waals surface area contributed by atoms with Crippen molar-refractivity contribution in [2.45, 2.75) is 57.3 Å². The van der Waals surface area contributed by atoms with Crippen LogP contribution >= 0.6 is 0 Å². The Kier molecular flexibility index (Phi) is 3.51. The van der Waals surface area contributed by atoms with Crippen LogP contribution in [0.25, 0.3) is 10.9 Å². The predicted molar refractivity (Wildman–Crippen MR) is 114 cm³/mol. The highest BCUT2D eigenvalue weighted by atomic mass is 16.3. The Morgan fingerprint density at radius 3 is 2.21 bits per heavy atom. The molecule has 1 heterocycles. The van der Waals surface area contributed by atoms with Crippen molar-refractivity contribution in [3.05, 3.63) is 64.8 Å². The monoisotopic (exact) mass is 371 g/mol. The van der Waals surface area contributed by atoms with Crippen molar-refractivity contribution in [1.82, 2.24) is 4.98 Å². The average Bonchev–Trinajstić information content (AvgIpc) is 3.01. The number of aromatic amines is 1. The molecule has 0 atom stereocenters. The van der Waals surface area contributed by atoms with Gasteiger partial charge < -0.3 is 10.1 Å². The number of aryl methyl sites for hydroxylation is 1. The zero-order valence-corrected chi connectivity index (χ0v) is 16.7. The summed E-state index contributed by atoms with van der Waals surface area (Å²) in [5.41, 5.74) is 7.33. The van der Waals surface area contributed by atoms with E-state index in [0.29, 0.717) is 11.2 Å². The maximum atomic E-state index is 9.69. The maximum absolute atomic E-state index is 9.69. The molecule has 2 aromatic carbocycles. The first-order valence-corrected chi connectivity index (χ1v) is 11.0. The Bertz CT molecular complexity index is 1010. The van der Waals surface area contributed by atoms with E-state index in [1.54, 1.807) is 5.69 Å². The topological polar surface area (TPSA) is 36.0 Å². The molecular weight excluding hydrogens is 342 g/mol. The summed E-state index contributed by atoms with van der Waals surface area (Å²) >= 11 is 0. The molecule has 0 amide bonds. The molecule has 4 aliphatic carbocycles. The summed E-state index contributed by atoms with van der Waals surface area (Å²) in [5.74, 6) is 3.18. The number of phenolic OH excluding ortho intramolecular Hbond substituents is 1. The summed E-state index contributed by atoms with van der Waals surface area (Å²) in [6.45, 7) is 2.20. The third-order valence-corrected chi connectivity index (χ3v) is 7.95. The number of rotatable bonds is 3. The minimum absolute atomic E-state index is 0.347. The Morgan fingerprint density at radius 1 is 0.929 bits per heavy atom. The fourth-order valence-corrected chi connectivity index (χ4v) is 7.23. The number of H-pyrrole nitrogens is 1. The number of hydrogen-bond acceptors (Lipinski definition) is 1. The average molecular weight is 372 g/mol. The molecule has 4 bridgehead atoms. The molecule has 0 saturated heterocycles. The lowest BCUT2D eigenvalue weighted by molar-refractivity contribution is -0.00721. The van der Waals surface area contributed by atoms with Crippen LogP contribution in [0.1, 0.15) is 60.9 Å². The van der Waals surface area contributed by atoms with Gasteiger partial charge in [0.25, 0.3) is 0 Å². The highest BCUT2D eigenvalue weighted by Gasteiger charge is 2.52. The van der Waals surface area contributed by atoms with Gasteiger partial charge in [0.05, 0.1) is 0 Å². The molecule has 4 aliphatic rings. The van der Waals surface area contributed by atoms with Gasteiger partial charge in [-0.2, -0.15) is 0 Å². The molecule has 0 unspecified atom stereocenters. The van der Waals surface area contributed by atoms with Gasteiger partial charge in [0.1, 0.15) is 5.75 Å². The van der Waals surface area contributed by atoms with Gasteiger partial charge in [-0.05, 0) is 105 Å². The van der Waals surface area contributed by atoms with E-state index in [4.69, 9.17) is 0 Å². The normalized spacial score (nSPS) is 31.0. The lowest BCUT2D eigenvalue weighted by atomic mass is 9.48. The number of phenols is 1. The fourth-order valence-electron chi connectivity index (χ4n) is 7.23. The second-order valence-corrected chi connectivity index (χ2v) is 10.1. The minimum Gasteiger partial charge on any atom is -0.508 e. The summed E-state index contributed by atoms with van der Waals surface area (Å²) in [6, 6.07) is 14.7. The van der Waals surface area contributed by atoms with E-state index in [2.05, 4.69) is 42.2 Å². The third-order valence-electron chi connectivity index (χ3n) is 7.95. The number of aromatic hydroxyl groups is 1. The van der Waals surface area contributed by atoms with Crippen LogP contribution in [0, 0.1) is 24.7 Å². The molecule has 7 rings (SSSR count). The van der Waals surface area contributed by atoms with Crippen LogP contribution < -0.4 is 0 Å². The van der Waals surface area contributed by atoms with Crippen molar-refractivity contribution < 1.29 is 5.11 Å². The van der Waals surface area contributed by atoms with Gasteiger partial charge in [-0.1, -0.05) is 23.8 Å². The molecule has 4 saturated carbocycles. The summed E-state index contributed by atoms with van der Waals surface area (Å²) in [5, 5.41) is 11.1. The second-order valence-electron chi connectivity index (χ2n) is 10.1. The van der Waals surface area contributed by atoms with Crippen molar-refractivity contribution in [3.63, 3.8) is 0 Å². The second kappa shape index (κ2) is 5.89. The van der Waals surface area contributed by atoms with E-state index in [-0.39, 0.29) is 0 Å². The standard InChI is InChI=1S/C26H29NO/c1-16-2-7-24-22(8-16)23(12-17-3-5-21(28)6-4-17)25(27-24)26-13-18-9-19(14-26)11-20(10-18)15-26/h2-8,18-20,27-28H,9-15H2,1H3.